The van der Waals surface area contributed by atoms with Crippen LogP contribution in [0.1, 0.15) is 105 Å². The van der Waals surface area contributed by atoms with Crippen molar-refractivity contribution in [2.24, 2.45) is 40.4 Å². The predicted molar refractivity (Wildman–Crippen MR) is 146 cm³/mol. The fraction of sp³-hybridized carbons (Fsp3) is 0.871. The number of hydrogen-bond donors (Lipinski definition) is 0. The van der Waals surface area contributed by atoms with E-state index in [-0.39, 0.29) is 0 Å². The van der Waals surface area contributed by atoms with Crippen molar-refractivity contribution < 1.29 is 4.43 Å². The summed E-state index contributed by atoms with van der Waals surface area (Å²) in [6, 6.07) is 0. The van der Waals surface area contributed by atoms with Gasteiger partial charge in [0.1, 0.15) is 0 Å². The molecule has 4 aliphatic carbocycles. The summed E-state index contributed by atoms with van der Waals surface area (Å²) in [5.41, 5.74) is 6.35. The first-order valence-corrected chi connectivity index (χ1v) is 17.8. The van der Waals surface area contributed by atoms with Crippen LogP contribution in [0.3, 0.4) is 0 Å². The summed E-state index contributed by atoms with van der Waals surface area (Å²) in [5.74, 6) is 4.10. The zero-order valence-corrected chi connectivity index (χ0v) is 24.4. The van der Waals surface area contributed by atoms with Gasteiger partial charge in [-0.25, -0.2) is 0 Å². The Labute approximate surface area is 207 Å². The molecule has 4 rings (SSSR count). The lowest BCUT2D eigenvalue weighted by molar-refractivity contribution is 0.0208. The van der Waals surface area contributed by atoms with Crippen molar-refractivity contribution in [3.05, 3.63) is 23.3 Å². The number of fused-ring (bicyclic) bond motifs is 4. The SMILES string of the molecule is C=C(CCC(C)C1CCC2C3=C(CCC21C)C1(C)CCC(O[Si](C)(C)C)CC1CC3)C(C)C. The highest BCUT2D eigenvalue weighted by atomic mass is 28.4. The molecule has 0 aromatic carbocycles. The van der Waals surface area contributed by atoms with Crippen LogP contribution < -0.4 is 0 Å². The third-order valence-corrected chi connectivity index (χ3v) is 12.0. The molecule has 0 aromatic rings. The van der Waals surface area contributed by atoms with E-state index in [0.717, 1.165) is 23.7 Å². The van der Waals surface area contributed by atoms with Crippen LogP contribution in [0.4, 0.5) is 0 Å². The molecule has 0 bridgehead atoms. The first-order valence-electron chi connectivity index (χ1n) is 14.4. The molecule has 7 atom stereocenters. The molecule has 188 valence electrons. The van der Waals surface area contributed by atoms with Crippen LogP contribution in [-0.2, 0) is 4.43 Å². The maximum atomic E-state index is 6.61. The monoisotopic (exact) mass is 470 g/mol. The molecular weight excluding hydrogens is 416 g/mol. The highest BCUT2D eigenvalue weighted by Crippen LogP contribution is 2.66. The lowest BCUT2D eigenvalue weighted by Gasteiger charge is -2.55. The molecule has 2 saturated carbocycles. The third-order valence-electron chi connectivity index (χ3n) is 11.0. The highest BCUT2D eigenvalue weighted by molar-refractivity contribution is 6.69. The summed E-state index contributed by atoms with van der Waals surface area (Å²) in [4.78, 5) is 0. The van der Waals surface area contributed by atoms with E-state index in [9.17, 15) is 0 Å². The summed E-state index contributed by atoms with van der Waals surface area (Å²) in [5, 5.41) is 0. The van der Waals surface area contributed by atoms with Gasteiger partial charge in [-0.2, -0.15) is 0 Å². The molecule has 0 aromatic heterocycles. The maximum Gasteiger partial charge on any atom is 0.184 e. The first-order chi connectivity index (χ1) is 15.3. The fourth-order valence-electron chi connectivity index (χ4n) is 8.91. The summed E-state index contributed by atoms with van der Waals surface area (Å²) >= 11 is 0. The highest BCUT2D eigenvalue weighted by Gasteiger charge is 2.56. The van der Waals surface area contributed by atoms with Crippen LogP contribution >= 0.6 is 0 Å². The molecule has 0 radical (unpaired) electrons. The Hall–Kier alpha value is -0.343. The minimum atomic E-state index is -1.44. The van der Waals surface area contributed by atoms with E-state index in [1.807, 2.05) is 11.1 Å². The largest absolute Gasteiger partial charge is 0.415 e. The van der Waals surface area contributed by atoms with Gasteiger partial charge in [0.2, 0.25) is 0 Å². The van der Waals surface area contributed by atoms with E-state index < -0.39 is 8.32 Å². The molecule has 0 spiro atoms. The second kappa shape index (κ2) is 9.27. The second-order valence-corrected chi connectivity index (χ2v) is 18.8. The van der Waals surface area contributed by atoms with E-state index >= 15 is 0 Å². The van der Waals surface area contributed by atoms with Gasteiger partial charge < -0.3 is 4.43 Å². The van der Waals surface area contributed by atoms with Crippen molar-refractivity contribution in [2.75, 3.05) is 0 Å². The van der Waals surface area contributed by atoms with Crippen molar-refractivity contribution in [3.63, 3.8) is 0 Å². The molecule has 2 heteroatoms. The fourth-order valence-corrected chi connectivity index (χ4v) is 10.1. The summed E-state index contributed by atoms with van der Waals surface area (Å²) in [7, 11) is -1.44. The second-order valence-electron chi connectivity index (χ2n) is 14.4. The Morgan fingerprint density at radius 2 is 1.76 bits per heavy atom. The Bertz CT molecular complexity index is 772. The first kappa shape index (κ1) is 25.7. The Morgan fingerprint density at radius 1 is 1.03 bits per heavy atom. The van der Waals surface area contributed by atoms with Gasteiger partial charge in [-0.15, -0.1) is 0 Å². The Morgan fingerprint density at radius 3 is 2.42 bits per heavy atom. The van der Waals surface area contributed by atoms with Crippen LogP contribution in [0, 0.1) is 40.4 Å². The van der Waals surface area contributed by atoms with E-state index in [4.69, 9.17) is 4.43 Å². The lowest BCUT2D eigenvalue weighted by Crippen LogP contribution is -2.47. The topological polar surface area (TPSA) is 9.23 Å². The van der Waals surface area contributed by atoms with E-state index in [0.29, 0.717) is 22.9 Å². The van der Waals surface area contributed by atoms with Gasteiger partial charge in [0.25, 0.3) is 0 Å². The zero-order chi connectivity index (χ0) is 24.2. The van der Waals surface area contributed by atoms with E-state index in [1.54, 1.807) is 0 Å². The van der Waals surface area contributed by atoms with Crippen LogP contribution in [0.2, 0.25) is 19.6 Å². The zero-order valence-electron chi connectivity index (χ0n) is 23.4. The standard InChI is InChI=1S/C31H54OSi/c1-21(2)22(3)10-11-23(4)27-14-15-28-26-13-12-24-20-25(32-33(7,8)9)16-18-30(24,5)29(26)17-19-31(27,28)6/h21,23-25,27-28H,3,10-20H2,1-2,4-9H3. The van der Waals surface area contributed by atoms with Crippen LogP contribution in [-0.4, -0.2) is 14.4 Å². The molecule has 2 fully saturated rings. The smallest absolute Gasteiger partial charge is 0.184 e. The van der Waals surface area contributed by atoms with Gasteiger partial charge in [0.05, 0.1) is 0 Å². The van der Waals surface area contributed by atoms with Gasteiger partial charge in [0.15, 0.2) is 8.32 Å². The van der Waals surface area contributed by atoms with Gasteiger partial charge in [-0.1, -0.05) is 57.9 Å². The Balaban J connectivity index is 1.48. The molecule has 1 nitrogen and oxygen atoms in total. The van der Waals surface area contributed by atoms with Crippen LogP contribution in [0.5, 0.6) is 0 Å². The van der Waals surface area contributed by atoms with Crippen LogP contribution in [0.25, 0.3) is 0 Å². The number of allylic oxidation sites excluding steroid dienone is 3. The molecule has 7 unspecified atom stereocenters. The van der Waals surface area contributed by atoms with E-state index in [2.05, 4.69) is 60.8 Å². The molecule has 0 saturated heterocycles. The van der Waals surface area contributed by atoms with Crippen molar-refractivity contribution in [1.82, 2.24) is 0 Å². The summed E-state index contributed by atoms with van der Waals surface area (Å²) in [6.07, 6.45) is 15.6. The van der Waals surface area contributed by atoms with Crippen molar-refractivity contribution in [2.45, 2.75) is 131 Å². The molecule has 0 amide bonds. The van der Waals surface area contributed by atoms with Crippen molar-refractivity contribution >= 4 is 8.32 Å². The number of rotatable bonds is 7. The normalized spacial score (nSPS) is 39.8. The molecule has 33 heavy (non-hydrogen) atoms. The molecule has 4 aliphatic rings. The van der Waals surface area contributed by atoms with Crippen molar-refractivity contribution in [1.29, 1.82) is 0 Å². The predicted octanol–water partition coefficient (Wildman–Crippen LogP) is 9.56. The molecule has 0 N–H and O–H groups in total. The van der Waals surface area contributed by atoms with Crippen LogP contribution in [0.15, 0.2) is 23.3 Å². The quantitative estimate of drug-likeness (QED) is 0.266. The van der Waals surface area contributed by atoms with Gasteiger partial charge in [0, 0.05) is 6.10 Å². The van der Waals surface area contributed by atoms with Gasteiger partial charge >= 0.3 is 0 Å². The third kappa shape index (κ3) is 4.86. The average molecular weight is 471 g/mol. The maximum absolute atomic E-state index is 6.61. The molecular formula is C31H54OSi. The molecule has 0 heterocycles. The summed E-state index contributed by atoms with van der Waals surface area (Å²) < 4.78 is 6.61. The average Bonchev–Trinajstić information content (AvgIpc) is 3.08. The Kier molecular flexibility index (Phi) is 7.23. The van der Waals surface area contributed by atoms with Gasteiger partial charge in [-0.05, 0) is 131 Å². The minimum Gasteiger partial charge on any atom is -0.415 e. The van der Waals surface area contributed by atoms with Gasteiger partial charge in [-0.3, -0.25) is 0 Å². The number of hydrogen-bond acceptors (Lipinski definition) is 1. The molecule has 0 aliphatic heterocycles. The van der Waals surface area contributed by atoms with Crippen molar-refractivity contribution in [3.8, 4) is 0 Å². The van der Waals surface area contributed by atoms with E-state index in [1.165, 1.54) is 76.2 Å². The minimum absolute atomic E-state index is 0.465. The lowest BCUT2D eigenvalue weighted by atomic mass is 9.50. The summed E-state index contributed by atoms with van der Waals surface area (Å²) in [6.45, 7) is 24.0.